The van der Waals surface area contributed by atoms with E-state index in [-0.39, 0.29) is 10.8 Å². The summed E-state index contributed by atoms with van der Waals surface area (Å²) in [7, 11) is 0. The molecule has 2 aliphatic heterocycles. The van der Waals surface area contributed by atoms with Gasteiger partial charge in [-0.05, 0) is 105 Å². The van der Waals surface area contributed by atoms with Gasteiger partial charge in [0.25, 0.3) is 0 Å². The van der Waals surface area contributed by atoms with Crippen molar-refractivity contribution < 1.29 is 4.42 Å². The van der Waals surface area contributed by atoms with Gasteiger partial charge in [0.2, 0.25) is 6.71 Å². The van der Waals surface area contributed by atoms with E-state index in [1.807, 2.05) is 0 Å². The molecule has 0 amide bonds. The second kappa shape index (κ2) is 10.2. The zero-order chi connectivity index (χ0) is 34.6. The van der Waals surface area contributed by atoms with Crippen LogP contribution in [-0.4, -0.2) is 12.8 Å². The minimum Gasteiger partial charge on any atom is -0.456 e. The molecule has 4 atom stereocenters. The number of anilines is 2. The highest BCUT2D eigenvalue weighted by Gasteiger charge is 2.58. The minimum atomic E-state index is 0.0853. The molecule has 5 aromatic carbocycles. The van der Waals surface area contributed by atoms with Gasteiger partial charge in [-0.2, -0.15) is 0 Å². The van der Waals surface area contributed by atoms with Crippen LogP contribution in [0.3, 0.4) is 0 Å². The van der Waals surface area contributed by atoms with Crippen LogP contribution in [-0.2, 0) is 10.8 Å². The summed E-state index contributed by atoms with van der Waals surface area (Å²) in [6.07, 6.45) is 3.75. The zero-order valence-electron chi connectivity index (χ0n) is 30.5. The lowest BCUT2D eigenvalue weighted by atomic mass is 9.26. The molecule has 1 saturated carbocycles. The zero-order valence-corrected chi connectivity index (χ0v) is 31.3. The van der Waals surface area contributed by atoms with Crippen molar-refractivity contribution >= 4 is 71.7 Å². The highest BCUT2D eigenvalue weighted by atomic mass is 32.1. The van der Waals surface area contributed by atoms with E-state index < -0.39 is 0 Å². The van der Waals surface area contributed by atoms with Crippen LogP contribution in [0.25, 0.3) is 43.2 Å². The van der Waals surface area contributed by atoms with Gasteiger partial charge in [0.05, 0.1) is 5.69 Å². The molecule has 2 nitrogen and oxygen atoms in total. The van der Waals surface area contributed by atoms with E-state index in [1.165, 1.54) is 79.3 Å². The van der Waals surface area contributed by atoms with E-state index in [0.29, 0.717) is 30.4 Å². The lowest BCUT2D eigenvalue weighted by Crippen LogP contribution is -2.64. The van der Waals surface area contributed by atoms with E-state index in [4.69, 9.17) is 4.42 Å². The molecule has 0 radical (unpaired) electrons. The molecule has 252 valence electrons. The Morgan fingerprint density at radius 3 is 2.27 bits per heavy atom. The van der Waals surface area contributed by atoms with Gasteiger partial charge in [0.1, 0.15) is 11.2 Å². The number of fused-ring (bicyclic) bond motifs is 13. The molecule has 4 heterocycles. The number of para-hydroxylation sites is 1. The Balaban J connectivity index is 1.20. The van der Waals surface area contributed by atoms with Gasteiger partial charge in [-0.25, -0.2) is 0 Å². The Kier molecular flexibility index (Phi) is 6.07. The number of furan rings is 1. The molecule has 11 rings (SSSR count). The SMILES string of the molecule is CC(C)(C)c1ccc(N2c3c(sc4ccc(C(C)(C)C)cc34)B3c4cccc5c4C(c4c-5ccc5oc6ccccc6c45)C4CCCC2C34)cc1. The van der Waals surface area contributed by atoms with Crippen molar-refractivity contribution in [3.05, 3.63) is 119 Å². The molecule has 51 heavy (non-hydrogen) atoms. The Labute approximate surface area is 305 Å². The van der Waals surface area contributed by atoms with Crippen molar-refractivity contribution in [2.45, 2.75) is 89.4 Å². The van der Waals surface area contributed by atoms with E-state index in [0.717, 1.165) is 11.2 Å². The van der Waals surface area contributed by atoms with Crippen LogP contribution >= 0.6 is 11.3 Å². The first-order chi connectivity index (χ1) is 24.6. The molecule has 0 N–H and O–H groups in total. The number of nitrogens with zero attached hydrogens (tertiary/aromatic N) is 1. The lowest BCUT2D eigenvalue weighted by Gasteiger charge is -2.55. The molecule has 4 aliphatic rings. The van der Waals surface area contributed by atoms with Crippen molar-refractivity contribution in [3.63, 3.8) is 0 Å². The molecule has 4 heteroatoms. The van der Waals surface area contributed by atoms with E-state index in [1.54, 1.807) is 15.8 Å². The summed E-state index contributed by atoms with van der Waals surface area (Å²) in [6, 6.07) is 38.0. The average Bonchev–Trinajstić information content (AvgIpc) is 3.79. The summed E-state index contributed by atoms with van der Waals surface area (Å²) in [6.45, 7) is 14.4. The fourth-order valence-electron chi connectivity index (χ4n) is 11.0. The summed E-state index contributed by atoms with van der Waals surface area (Å²) in [4.78, 5) is 2.85. The largest absolute Gasteiger partial charge is 0.456 e. The van der Waals surface area contributed by atoms with Crippen molar-refractivity contribution in [1.82, 2.24) is 0 Å². The Bertz CT molecular complexity index is 2580. The second-order valence-electron chi connectivity index (χ2n) is 17.9. The van der Waals surface area contributed by atoms with Crippen LogP contribution < -0.4 is 15.1 Å². The fourth-order valence-corrected chi connectivity index (χ4v) is 12.3. The number of thiophene rings is 1. The Morgan fingerprint density at radius 1 is 0.706 bits per heavy atom. The summed E-state index contributed by atoms with van der Waals surface area (Å²) < 4.78 is 9.54. The normalized spacial score (nSPS) is 22.0. The quantitative estimate of drug-likeness (QED) is 0.160. The first kappa shape index (κ1) is 30.4. The van der Waals surface area contributed by atoms with Crippen LogP contribution in [0.5, 0.6) is 0 Å². The molecule has 0 spiro atoms. The van der Waals surface area contributed by atoms with Crippen LogP contribution in [0.4, 0.5) is 11.4 Å². The highest BCUT2D eigenvalue weighted by molar-refractivity contribution is 7.31. The van der Waals surface area contributed by atoms with Gasteiger partial charge in [-0.1, -0.05) is 114 Å². The third-order valence-electron chi connectivity index (χ3n) is 13.2. The third-order valence-corrected chi connectivity index (χ3v) is 14.4. The molecule has 2 aromatic heterocycles. The van der Waals surface area contributed by atoms with E-state index in [9.17, 15) is 0 Å². The molecule has 4 unspecified atom stereocenters. The maximum absolute atomic E-state index is 6.54. The van der Waals surface area contributed by atoms with Gasteiger partial charge >= 0.3 is 0 Å². The summed E-state index contributed by atoms with van der Waals surface area (Å²) >= 11 is 2.07. The van der Waals surface area contributed by atoms with Crippen LogP contribution in [0.2, 0.25) is 5.82 Å². The molecule has 0 saturated heterocycles. The number of rotatable bonds is 1. The average molecular weight is 682 g/mol. The van der Waals surface area contributed by atoms with Crippen LogP contribution in [0.15, 0.2) is 101 Å². The van der Waals surface area contributed by atoms with Crippen molar-refractivity contribution in [1.29, 1.82) is 0 Å². The van der Waals surface area contributed by atoms with Crippen molar-refractivity contribution in [2.75, 3.05) is 4.90 Å². The van der Waals surface area contributed by atoms with Gasteiger partial charge in [-0.3, -0.25) is 0 Å². The summed E-state index contributed by atoms with van der Waals surface area (Å²) in [5.41, 5.74) is 15.5. The van der Waals surface area contributed by atoms with Crippen LogP contribution in [0, 0.1) is 5.92 Å². The Morgan fingerprint density at radius 2 is 1.47 bits per heavy atom. The molecule has 7 aromatic rings. The standard InChI is InChI=1S/C47H44BNOS/c1-46(2,3)26-17-20-28(21-18-26)49-35-15-10-13-32-42-39-29(30-22-23-37-40(41(30)42)31-11-7-8-16-36(31)50-37)12-9-14-34(39)48(43(32)35)45-44(49)33-25-27(47(4,5)6)19-24-38(33)51-45/h7-9,11-12,14,16-25,32,35,42-43H,10,13,15H2,1-6H3. The van der Waals surface area contributed by atoms with Crippen molar-refractivity contribution in [2.24, 2.45) is 5.92 Å². The van der Waals surface area contributed by atoms with E-state index in [2.05, 4.69) is 155 Å². The van der Waals surface area contributed by atoms with Gasteiger partial charge in [0.15, 0.2) is 0 Å². The predicted octanol–water partition coefficient (Wildman–Crippen LogP) is 11.8. The lowest BCUT2D eigenvalue weighted by molar-refractivity contribution is 0.290. The minimum absolute atomic E-state index is 0.0853. The molecule has 1 fully saturated rings. The number of hydrogen-bond donors (Lipinski definition) is 0. The molecular weight excluding hydrogens is 637 g/mol. The monoisotopic (exact) mass is 681 g/mol. The summed E-state index contributed by atoms with van der Waals surface area (Å²) in [5.74, 6) is 1.46. The fraction of sp³-hybridized carbons (Fsp3) is 0.319. The summed E-state index contributed by atoms with van der Waals surface area (Å²) in [5, 5.41) is 4.05. The van der Waals surface area contributed by atoms with Gasteiger partial charge in [0, 0.05) is 43.3 Å². The molecule has 2 aliphatic carbocycles. The first-order valence-electron chi connectivity index (χ1n) is 19.1. The second-order valence-corrected chi connectivity index (χ2v) is 19.0. The maximum atomic E-state index is 6.54. The van der Waals surface area contributed by atoms with E-state index >= 15 is 0 Å². The predicted molar refractivity (Wildman–Crippen MR) is 219 cm³/mol. The topological polar surface area (TPSA) is 16.4 Å². The van der Waals surface area contributed by atoms with Crippen LogP contribution in [0.1, 0.15) is 89.0 Å². The van der Waals surface area contributed by atoms with Crippen molar-refractivity contribution in [3.8, 4) is 11.1 Å². The third kappa shape index (κ3) is 4.06. The smallest absolute Gasteiger partial charge is 0.230 e. The Hall–Kier alpha value is -4.28. The number of benzene rings is 5. The molecular formula is C47H44BNOS. The molecule has 0 bridgehead atoms. The van der Waals surface area contributed by atoms with Gasteiger partial charge in [-0.15, -0.1) is 11.3 Å². The maximum Gasteiger partial charge on any atom is 0.230 e. The first-order valence-corrected chi connectivity index (χ1v) is 19.9. The van der Waals surface area contributed by atoms with Gasteiger partial charge < -0.3 is 9.32 Å². The highest BCUT2D eigenvalue weighted by Crippen LogP contribution is 2.62. The number of hydrogen-bond acceptors (Lipinski definition) is 3.